The fourth-order valence-corrected chi connectivity index (χ4v) is 1.62. The molecule has 2 heterocycles. The summed E-state index contributed by atoms with van der Waals surface area (Å²) in [6.07, 6.45) is -1.29. The van der Waals surface area contributed by atoms with E-state index in [4.69, 9.17) is 0 Å². The predicted octanol–water partition coefficient (Wildman–Crippen LogP) is 1.84. The Labute approximate surface area is 138 Å². The van der Waals surface area contributed by atoms with Crippen molar-refractivity contribution in [2.75, 3.05) is 25.1 Å². The third kappa shape index (κ3) is 4.61. The minimum Gasteiger partial charge on any atom is -0.458 e. The lowest BCUT2D eigenvalue weighted by Gasteiger charge is -2.20. The van der Waals surface area contributed by atoms with Gasteiger partial charge in [0.25, 0.3) is 0 Å². The summed E-state index contributed by atoms with van der Waals surface area (Å²) < 4.78 is 66.9. The van der Waals surface area contributed by atoms with E-state index in [0.717, 1.165) is 4.90 Å². The van der Waals surface area contributed by atoms with Gasteiger partial charge in [-0.25, -0.2) is 9.67 Å². The molecule has 0 spiro atoms. The van der Waals surface area contributed by atoms with Gasteiger partial charge in [0.1, 0.15) is 6.54 Å². The number of hydrogen-bond donors (Lipinski definition) is 0. The first kappa shape index (κ1) is 18.5. The minimum absolute atomic E-state index is 0.0348. The summed E-state index contributed by atoms with van der Waals surface area (Å²) in [5, 5.41) is 3.95. The van der Waals surface area contributed by atoms with Crippen LogP contribution in [0, 0.1) is 0 Å². The van der Waals surface area contributed by atoms with Crippen molar-refractivity contribution in [3.8, 4) is 5.82 Å². The number of carbonyl (C=O) groups excluding carboxylic acids is 1. The van der Waals surface area contributed by atoms with Crippen molar-refractivity contribution < 1.29 is 31.5 Å². The van der Waals surface area contributed by atoms with Gasteiger partial charge in [-0.2, -0.15) is 32.0 Å². The number of carbonyl (C=O) groups is 1. The molecule has 0 aliphatic carbocycles. The average molecular weight is 365 g/mol. The molecule has 0 aliphatic rings. The summed E-state index contributed by atoms with van der Waals surface area (Å²) in [4.78, 5) is 20.6. The van der Waals surface area contributed by atoms with Crippen LogP contribution < -0.4 is 4.90 Å². The van der Waals surface area contributed by atoms with Crippen molar-refractivity contribution in [3.63, 3.8) is 0 Å². The zero-order valence-electron chi connectivity index (χ0n) is 12.7. The SMILES string of the molecule is CN(CC(=O)OCC(F)(F)C(F)(F)F)c1nccc(-n2cccn2)n1. The average Bonchev–Trinajstić information content (AvgIpc) is 3.06. The lowest BCUT2D eigenvalue weighted by molar-refractivity contribution is -0.294. The quantitative estimate of drug-likeness (QED) is 0.575. The maximum Gasteiger partial charge on any atom is 0.456 e. The highest BCUT2D eigenvalue weighted by atomic mass is 19.4. The number of ether oxygens (including phenoxy) is 1. The minimum atomic E-state index is -5.79. The van der Waals surface area contributed by atoms with Crippen molar-refractivity contribution in [2.45, 2.75) is 12.1 Å². The van der Waals surface area contributed by atoms with Gasteiger partial charge in [-0.05, 0) is 6.07 Å². The highest BCUT2D eigenvalue weighted by Crippen LogP contribution is 2.35. The van der Waals surface area contributed by atoms with Crippen LogP contribution in [0.3, 0.4) is 0 Å². The number of rotatable bonds is 6. The molecular formula is C13H12F5N5O2. The summed E-state index contributed by atoms with van der Waals surface area (Å²) in [6.45, 7) is -2.70. The molecule has 0 fully saturated rings. The van der Waals surface area contributed by atoms with Gasteiger partial charge in [-0.1, -0.05) is 0 Å². The number of esters is 1. The first-order valence-electron chi connectivity index (χ1n) is 6.74. The first-order chi connectivity index (χ1) is 11.6. The second kappa shape index (κ2) is 6.99. The monoisotopic (exact) mass is 365 g/mol. The zero-order valence-corrected chi connectivity index (χ0v) is 12.7. The standard InChI is InChI=1S/C13H12F5N5O2/c1-22(7-10(24)25-8-12(14,15)13(16,17)18)11-19-5-3-9(21-11)23-6-2-4-20-23/h2-6H,7-8H2,1H3. The number of likely N-dealkylation sites (N-methyl/N-ethyl adjacent to an activating group) is 1. The predicted molar refractivity (Wildman–Crippen MR) is 74.4 cm³/mol. The fourth-order valence-electron chi connectivity index (χ4n) is 1.62. The van der Waals surface area contributed by atoms with Crippen LogP contribution in [0.15, 0.2) is 30.7 Å². The van der Waals surface area contributed by atoms with E-state index in [9.17, 15) is 26.7 Å². The van der Waals surface area contributed by atoms with Gasteiger partial charge in [0, 0.05) is 31.7 Å². The number of hydrogen-bond acceptors (Lipinski definition) is 6. The lowest BCUT2D eigenvalue weighted by Crippen LogP contribution is -2.42. The molecule has 0 saturated carbocycles. The number of aromatic nitrogens is 4. The Morgan fingerprint density at radius 3 is 2.60 bits per heavy atom. The van der Waals surface area contributed by atoms with Gasteiger partial charge < -0.3 is 9.64 Å². The van der Waals surface area contributed by atoms with Crippen molar-refractivity contribution in [2.24, 2.45) is 0 Å². The van der Waals surface area contributed by atoms with Crippen LogP contribution in [0.5, 0.6) is 0 Å². The normalized spacial score (nSPS) is 12.1. The van der Waals surface area contributed by atoms with E-state index in [0.29, 0.717) is 5.82 Å². The topological polar surface area (TPSA) is 73.1 Å². The Morgan fingerprint density at radius 2 is 2.00 bits per heavy atom. The summed E-state index contributed by atoms with van der Waals surface area (Å²) in [5.41, 5.74) is 0. The number of anilines is 1. The lowest BCUT2D eigenvalue weighted by atomic mass is 10.3. The van der Waals surface area contributed by atoms with E-state index in [-0.39, 0.29) is 5.95 Å². The third-order valence-corrected chi connectivity index (χ3v) is 2.90. The van der Waals surface area contributed by atoms with E-state index in [1.807, 2.05) is 0 Å². The Balaban J connectivity index is 1.97. The van der Waals surface area contributed by atoms with Gasteiger partial charge >= 0.3 is 18.1 Å². The van der Waals surface area contributed by atoms with Crippen molar-refractivity contribution in [1.29, 1.82) is 0 Å². The van der Waals surface area contributed by atoms with Gasteiger partial charge in [0.15, 0.2) is 12.4 Å². The summed E-state index contributed by atoms with van der Waals surface area (Å²) in [5.74, 6) is -5.98. The van der Waals surface area contributed by atoms with Crippen LogP contribution >= 0.6 is 0 Å². The van der Waals surface area contributed by atoms with E-state index in [1.165, 1.54) is 30.2 Å². The van der Waals surface area contributed by atoms with Crippen molar-refractivity contribution >= 4 is 11.9 Å². The second-order valence-corrected chi connectivity index (χ2v) is 4.88. The molecule has 0 unspecified atom stereocenters. The molecule has 0 aliphatic heterocycles. The highest BCUT2D eigenvalue weighted by molar-refractivity contribution is 5.74. The van der Waals surface area contributed by atoms with Gasteiger partial charge in [-0.3, -0.25) is 4.79 Å². The maximum atomic E-state index is 12.7. The Morgan fingerprint density at radius 1 is 1.28 bits per heavy atom. The third-order valence-electron chi connectivity index (χ3n) is 2.90. The molecule has 0 atom stereocenters. The van der Waals surface area contributed by atoms with E-state index < -0.39 is 31.2 Å². The molecule has 136 valence electrons. The van der Waals surface area contributed by atoms with E-state index >= 15 is 0 Å². The molecular weight excluding hydrogens is 353 g/mol. The molecule has 25 heavy (non-hydrogen) atoms. The molecule has 12 heteroatoms. The smallest absolute Gasteiger partial charge is 0.456 e. The van der Waals surface area contributed by atoms with Gasteiger partial charge in [0.05, 0.1) is 0 Å². The fraction of sp³-hybridized carbons (Fsp3) is 0.385. The summed E-state index contributed by atoms with van der Waals surface area (Å²) in [7, 11) is 1.35. The molecule has 0 radical (unpaired) electrons. The van der Waals surface area contributed by atoms with Gasteiger partial charge in [-0.15, -0.1) is 0 Å². The molecule has 0 bridgehead atoms. The summed E-state index contributed by atoms with van der Waals surface area (Å²) in [6, 6.07) is 3.19. The number of nitrogens with zero attached hydrogens (tertiary/aromatic N) is 5. The number of alkyl halides is 5. The maximum absolute atomic E-state index is 12.7. The largest absolute Gasteiger partial charge is 0.458 e. The van der Waals surface area contributed by atoms with Crippen LogP contribution in [0.2, 0.25) is 0 Å². The van der Waals surface area contributed by atoms with Gasteiger partial charge in [0.2, 0.25) is 5.95 Å². The van der Waals surface area contributed by atoms with Crippen molar-refractivity contribution in [3.05, 3.63) is 30.7 Å². The molecule has 7 nitrogen and oxygen atoms in total. The molecule has 0 N–H and O–H groups in total. The molecule has 0 saturated heterocycles. The number of halogens is 5. The Bertz CT molecular complexity index is 720. The summed E-state index contributed by atoms with van der Waals surface area (Å²) >= 11 is 0. The molecule has 0 aromatic carbocycles. The van der Waals surface area contributed by atoms with Crippen LogP contribution in [-0.4, -0.2) is 58.0 Å². The van der Waals surface area contributed by atoms with Crippen molar-refractivity contribution in [1.82, 2.24) is 19.7 Å². The second-order valence-electron chi connectivity index (χ2n) is 4.88. The van der Waals surface area contributed by atoms with E-state index in [2.05, 4.69) is 19.8 Å². The van der Waals surface area contributed by atoms with Crippen LogP contribution in [0.4, 0.5) is 27.9 Å². The first-order valence-corrected chi connectivity index (χ1v) is 6.74. The van der Waals surface area contributed by atoms with Crippen LogP contribution in [-0.2, 0) is 9.53 Å². The Kier molecular flexibility index (Phi) is 5.18. The molecule has 2 aromatic heterocycles. The van der Waals surface area contributed by atoms with E-state index in [1.54, 1.807) is 12.3 Å². The molecule has 2 rings (SSSR count). The van der Waals surface area contributed by atoms with Crippen LogP contribution in [0.25, 0.3) is 5.82 Å². The molecule has 2 aromatic rings. The van der Waals surface area contributed by atoms with Crippen LogP contribution in [0.1, 0.15) is 0 Å². The highest BCUT2D eigenvalue weighted by Gasteiger charge is 2.58. The Hall–Kier alpha value is -2.79. The molecule has 0 amide bonds. The zero-order chi connectivity index (χ0) is 18.7.